The number of anilines is 1. The smallest absolute Gasteiger partial charge is 0.150 e. The van der Waals surface area contributed by atoms with Crippen molar-refractivity contribution >= 4 is 17.4 Å². The molecule has 1 unspecified atom stereocenters. The summed E-state index contributed by atoms with van der Waals surface area (Å²) in [5, 5.41) is 0.623. The van der Waals surface area contributed by atoms with Crippen LogP contribution in [0.2, 0.25) is 5.02 Å². The normalized spacial score (nSPS) is 20.8. The van der Waals surface area contributed by atoms with Gasteiger partial charge < -0.3 is 9.64 Å². The zero-order valence-corrected chi connectivity index (χ0v) is 12.3. The van der Waals surface area contributed by atoms with Crippen molar-refractivity contribution in [1.82, 2.24) is 14.9 Å². The molecule has 0 saturated carbocycles. The molecule has 0 aliphatic carbocycles. The van der Waals surface area contributed by atoms with E-state index < -0.39 is 0 Å². The van der Waals surface area contributed by atoms with Crippen LogP contribution in [0.4, 0.5) is 5.82 Å². The van der Waals surface area contributed by atoms with Crippen molar-refractivity contribution in [3.63, 3.8) is 0 Å². The van der Waals surface area contributed by atoms with E-state index in [9.17, 15) is 0 Å². The maximum atomic E-state index is 6.14. The fourth-order valence-electron chi connectivity index (χ4n) is 2.38. The first-order valence-corrected chi connectivity index (χ1v) is 7.12. The summed E-state index contributed by atoms with van der Waals surface area (Å²) in [5.74, 6) is 0.841. The first-order valence-electron chi connectivity index (χ1n) is 6.74. The largest absolute Gasteiger partial charge is 0.380 e. The predicted octanol–water partition coefficient (Wildman–Crippen LogP) is 1.68. The Balaban J connectivity index is 1.91. The first-order chi connectivity index (χ1) is 9.22. The summed E-state index contributed by atoms with van der Waals surface area (Å²) in [4.78, 5) is 12.9. The van der Waals surface area contributed by atoms with Crippen LogP contribution >= 0.6 is 11.6 Å². The summed E-state index contributed by atoms with van der Waals surface area (Å²) in [6.07, 6.45) is 3.20. The molecule has 0 bridgehead atoms. The van der Waals surface area contributed by atoms with E-state index in [1.54, 1.807) is 12.5 Å². The van der Waals surface area contributed by atoms with Crippen molar-refractivity contribution < 1.29 is 4.74 Å². The minimum Gasteiger partial charge on any atom is -0.380 e. The fourth-order valence-corrected chi connectivity index (χ4v) is 2.61. The predicted molar refractivity (Wildman–Crippen MR) is 76.8 cm³/mol. The molecule has 0 amide bonds. The van der Waals surface area contributed by atoms with Gasteiger partial charge in [0.25, 0.3) is 0 Å². The molecule has 6 heteroatoms. The van der Waals surface area contributed by atoms with Crippen LogP contribution in [0.1, 0.15) is 13.8 Å². The second-order valence-electron chi connectivity index (χ2n) is 4.72. The molecule has 0 spiro atoms. The third-order valence-electron chi connectivity index (χ3n) is 3.44. The second kappa shape index (κ2) is 7.03. The zero-order chi connectivity index (χ0) is 13.7. The number of aromatic nitrogens is 2. The molecule has 1 aromatic heterocycles. The molecule has 1 fully saturated rings. The molecule has 1 aromatic rings. The van der Waals surface area contributed by atoms with Gasteiger partial charge in [-0.05, 0) is 13.8 Å². The molecule has 19 heavy (non-hydrogen) atoms. The molecule has 0 aromatic carbocycles. The summed E-state index contributed by atoms with van der Waals surface area (Å²) in [7, 11) is 0. The van der Waals surface area contributed by atoms with Gasteiger partial charge in [0.05, 0.1) is 12.8 Å². The average Bonchev–Trinajstić information content (AvgIpc) is 2.41. The minimum atomic E-state index is 0.472. The van der Waals surface area contributed by atoms with E-state index in [0.717, 1.165) is 45.2 Å². The molecular formula is C13H21ClN4O. The molecule has 1 atom stereocenters. The van der Waals surface area contributed by atoms with E-state index in [-0.39, 0.29) is 0 Å². The zero-order valence-electron chi connectivity index (χ0n) is 11.5. The lowest BCUT2D eigenvalue weighted by atomic mass is 10.2. The number of piperazine rings is 1. The van der Waals surface area contributed by atoms with Gasteiger partial charge in [-0.2, -0.15) is 0 Å². The van der Waals surface area contributed by atoms with Crippen LogP contribution in [0.3, 0.4) is 0 Å². The molecular weight excluding hydrogens is 264 g/mol. The van der Waals surface area contributed by atoms with Gasteiger partial charge in [0.1, 0.15) is 11.3 Å². The van der Waals surface area contributed by atoms with Crippen molar-refractivity contribution in [1.29, 1.82) is 0 Å². The Morgan fingerprint density at radius 1 is 1.47 bits per heavy atom. The topological polar surface area (TPSA) is 41.5 Å². The molecule has 2 rings (SSSR count). The lowest BCUT2D eigenvalue weighted by Crippen LogP contribution is -2.53. The third kappa shape index (κ3) is 3.78. The molecule has 5 nitrogen and oxygen atoms in total. The maximum Gasteiger partial charge on any atom is 0.150 e. The van der Waals surface area contributed by atoms with Gasteiger partial charge in [0.15, 0.2) is 5.82 Å². The van der Waals surface area contributed by atoms with Crippen LogP contribution < -0.4 is 4.90 Å². The van der Waals surface area contributed by atoms with E-state index in [1.165, 1.54) is 0 Å². The monoisotopic (exact) mass is 284 g/mol. The molecule has 1 aliphatic heterocycles. The van der Waals surface area contributed by atoms with E-state index in [4.69, 9.17) is 16.3 Å². The highest BCUT2D eigenvalue weighted by atomic mass is 35.5. The molecule has 0 radical (unpaired) electrons. The summed E-state index contributed by atoms with van der Waals surface area (Å²) in [6.45, 7) is 9.71. The standard InChI is InChI=1S/C13H21ClN4O/c1-3-19-7-6-17-4-5-18(9-11(17)2)13-12(14)8-15-10-16-13/h8,10-11H,3-7,9H2,1-2H3. The van der Waals surface area contributed by atoms with Gasteiger partial charge in [0, 0.05) is 38.8 Å². The Bertz CT molecular complexity index is 404. The van der Waals surface area contributed by atoms with Crippen molar-refractivity contribution in [2.45, 2.75) is 19.9 Å². The Morgan fingerprint density at radius 3 is 3.00 bits per heavy atom. The van der Waals surface area contributed by atoms with Gasteiger partial charge in [0.2, 0.25) is 0 Å². The lowest BCUT2D eigenvalue weighted by molar-refractivity contribution is 0.0925. The van der Waals surface area contributed by atoms with Crippen LogP contribution in [-0.4, -0.2) is 60.3 Å². The highest BCUT2D eigenvalue weighted by Crippen LogP contribution is 2.23. The van der Waals surface area contributed by atoms with Crippen molar-refractivity contribution in [3.8, 4) is 0 Å². The highest BCUT2D eigenvalue weighted by Gasteiger charge is 2.25. The van der Waals surface area contributed by atoms with E-state index in [0.29, 0.717) is 11.1 Å². The van der Waals surface area contributed by atoms with Crippen molar-refractivity contribution in [2.75, 3.05) is 44.3 Å². The fraction of sp³-hybridized carbons (Fsp3) is 0.692. The Kier molecular flexibility index (Phi) is 5.36. The third-order valence-corrected chi connectivity index (χ3v) is 3.71. The minimum absolute atomic E-state index is 0.472. The van der Waals surface area contributed by atoms with Crippen LogP contribution in [0, 0.1) is 0 Å². The van der Waals surface area contributed by atoms with Gasteiger partial charge in [-0.3, -0.25) is 4.90 Å². The number of nitrogens with zero attached hydrogens (tertiary/aromatic N) is 4. The molecule has 2 heterocycles. The molecule has 0 N–H and O–H groups in total. The summed E-state index contributed by atoms with van der Waals surface area (Å²) in [6, 6.07) is 0.472. The van der Waals surface area contributed by atoms with E-state index in [2.05, 4.69) is 26.7 Å². The van der Waals surface area contributed by atoms with Crippen molar-refractivity contribution in [3.05, 3.63) is 17.5 Å². The molecule has 106 valence electrons. The van der Waals surface area contributed by atoms with Gasteiger partial charge in [-0.1, -0.05) is 11.6 Å². The highest BCUT2D eigenvalue weighted by molar-refractivity contribution is 6.32. The number of rotatable bonds is 5. The van der Waals surface area contributed by atoms with Gasteiger partial charge >= 0.3 is 0 Å². The van der Waals surface area contributed by atoms with Gasteiger partial charge in [-0.25, -0.2) is 9.97 Å². The molecule has 1 aliphatic rings. The SMILES string of the molecule is CCOCCN1CCN(c2ncncc2Cl)CC1C. The lowest BCUT2D eigenvalue weighted by Gasteiger charge is -2.40. The Hall–Kier alpha value is -0.910. The summed E-state index contributed by atoms with van der Waals surface area (Å²) >= 11 is 6.14. The van der Waals surface area contributed by atoms with Crippen LogP contribution in [0.15, 0.2) is 12.5 Å². The van der Waals surface area contributed by atoms with Crippen molar-refractivity contribution in [2.24, 2.45) is 0 Å². The van der Waals surface area contributed by atoms with E-state index in [1.807, 2.05) is 6.92 Å². The summed E-state index contributed by atoms with van der Waals surface area (Å²) in [5.41, 5.74) is 0. The number of halogens is 1. The van der Waals surface area contributed by atoms with Crippen LogP contribution in [-0.2, 0) is 4.74 Å². The number of hydrogen-bond donors (Lipinski definition) is 0. The Labute approximate surface area is 119 Å². The van der Waals surface area contributed by atoms with E-state index >= 15 is 0 Å². The maximum absolute atomic E-state index is 6.14. The Morgan fingerprint density at radius 2 is 2.32 bits per heavy atom. The quantitative estimate of drug-likeness (QED) is 0.770. The van der Waals surface area contributed by atoms with Gasteiger partial charge in [-0.15, -0.1) is 0 Å². The molecule has 1 saturated heterocycles. The van der Waals surface area contributed by atoms with Crippen LogP contribution in [0.5, 0.6) is 0 Å². The number of hydrogen-bond acceptors (Lipinski definition) is 5. The second-order valence-corrected chi connectivity index (χ2v) is 5.13. The number of ether oxygens (including phenoxy) is 1. The first kappa shape index (κ1) is 14.5. The summed E-state index contributed by atoms with van der Waals surface area (Å²) < 4.78 is 5.42. The average molecular weight is 285 g/mol. The van der Waals surface area contributed by atoms with Crippen LogP contribution in [0.25, 0.3) is 0 Å².